The van der Waals surface area contributed by atoms with Gasteiger partial charge in [0.1, 0.15) is 0 Å². The van der Waals surface area contributed by atoms with Crippen molar-refractivity contribution >= 4 is 0 Å². The highest BCUT2D eigenvalue weighted by Crippen LogP contribution is 2.21. The van der Waals surface area contributed by atoms with Crippen LogP contribution in [0.5, 0.6) is 0 Å². The van der Waals surface area contributed by atoms with Gasteiger partial charge in [0.05, 0.1) is 0 Å². The molecule has 0 radical (unpaired) electrons. The Morgan fingerprint density at radius 2 is 2.07 bits per heavy atom. The second-order valence-corrected chi connectivity index (χ2v) is 5.53. The van der Waals surface area contributed by atoms with E-state index in [2.05, 4.69) is 37.9 Å². The molecule has 1 aliphatic heterocycles. The van der Waals surface area contributed by atoms with Gasteiger partial charge in [-0.15, -0.1) is 0 Å². The summed E-state index contributed by atoms with van der Waals surface area (Å²) in [6, 6.07) is 0.650. The lowest BCUT2D eigenvalue weighted by Crippen LogP contribution is -2.46. The second kappa shape index (κ2) is 5.13. The van der Waals surface area contributed by atoms with Gasteiger partial charge in [-0.2, -0.15) is 0 Å². The average molecular weight is 198 g/mol. The second-order valence-electron chi connectivity index (χ2n) is 5.53. The van der Waals surface area contributed by atoms with Crippen molar-refractivity contribution in [3.63, 3.8) is 0 Å². The smallest absolute Gasteiger partial charge is 0.0243 e. The summed E-state index contributed by atoms with van der Waals surface area (Å²) in [5, 5.41) is 3.67. The van der Waals surface area contributed by atoms with Crippen LogP contribution in [0.15, 0.2) is 0 Å². The van der Waals surface area contributed by atoms with Gasteiger partial charge in [0.25, 0.3) is 0 Å². The van der Waals surface area contributed by atoms with Crippen LogP contribution < -0.4 is 5.32 Å². The third-order valence-corrected chi connectivity index (χ3v) is 3.07. The summed E-state index contributed by atoms with van der Waals surface area (Å²) in [6.07, 6.45) is 2.57. The molecule has 0 aromatic heterocycles. The molecule has 0 aromatic carbocycles. The summed E-state index contributed by atoms with van der Waals surface area (Å²) in [4.78, 5) is 2.61. The van der Waals surface area contributed by atoms with E-state index in [0.717, 1.165) is 0 Å². The zero-order valence-corrected chi connectivity index (χ0v) is 10.3. The average Bonchev–Trinajstić information content (AvgIpc) is 2.29. The van der Waals surface area contributed by atoms with Crippen LogP contribution in [0, 0.1) is 5.41 Å². The molecule has 1 N–H and O–H groups in total. The van der Waals surface area contributed by atoms with Gasteiger partial charge in [0.15, 0.2) is 0 Å². The van der Waals surface area contributed by atoms with E-state index in [1.54, 1.807) is 0 Å². The topological polar surface area (TPSA) is 15.3 Å². The Morgan fingerprint density at radius 1 is 1.36 bits per heavy atom. The quantitative estimate of drug-likeness (QED) is 0.731. The fourth-order valence-electron chi connectivity index (χ4n) is 2.09. The fraction of sp³-hybridized carbons (Fsp3) is 1.00. The van der Waals surface area contributed by atoms with Crippen LogP contribution >= 0.6 is 0 Å². The first-order valence-electron chi connectivity index (χ1n) is 5.99. The summed E-state index contributed by atoms with van der Waals surface area (Å²) in [5.41, 5.74) is 0.385. The predicted molar refractivity (Wildman–Crippen MR) is 62.6 cm³/mol. The molecule has 1 fully saturated rings. The monoisotopic (exact) mass is 198 g/mol. The Bertz CT molecular complexity index is 160. The van der Waals surface area contributed by atoms with Crippen LogP contribution in [-0.2, 0) is 0 Å². The minimum Gasteiger partial charge on any atom is -0.312 e. The number of nitrogens with one attached hydrogen (secondary N) is 1. The third kappa shape index (κ3) is 3.58. The number of rotatable bonds is 2. The number of hydrogen-bond acceptors (Lipinski definition) is 2. The standard InChI is InChI=1S/C12H26N2/c1-5-8-14-9-6-7-13-11(10-14)12(2,3)4/h11,13H,5-10H2,1-4H3. The SMILES string of the molecule is CCCN1CCCNC(C(C)(C)C)C1. The molecule has 1 aliphatic rings. The first-order chi connectivity index (χ1) is 6.54. The van der Waals surface area contributed by atoms with E-state index in [4.69, 9.17) is 0 Å². The fourth-order valence-corrected chi connectivity index (χ4v) is 2.09. The minimum absolute atomic E-state index is 0.385. The van der Waals surface area contributed by atoms with E-state index in [9.17, 15) is 0 Å². The van der Waals surface area contributed by atoms with Crippen LogP contribution in [0.25, 0.3) is 0 Å². The maximum atomic E-state index is 3.67. The molecule has 84 valence electrons. The highest BCUT2D eigenvalue weighted by atomic mass is 15.2. The molecule has 1 saturated heterocycles. The molecule has 0 amide bonds. The van der Waals surface area contributed by atoms with Gasteiger partial charge in [-0.3, -0.25) is 0 Å². The maximum absolute atomic E-state index is 3.67. The Balaban J connectivity index is 2.51. The molecule has 0 bridgehead atoms. The Labute approximate surface area is 89.1 Å². The van der Waals surface area contributed by atoms with E-state index < -0.39 is 0 Å². The molecule has 0 aliphatic carbocycles. The molecule has 0 spiro atoms. The van der Waals surface area contributed by atoms with Crippen molar-refractivity contribution in [2.24, 2.45) is 5.41 Å². The highest BCUT2D eigenvalue weighted by molar-refractivity contribution is 4.85. The third-order valence-electron chi connectivity index (χ3n) is 3.07. The van der Waals surface area contributed by atoms with E-state index in [1.165, 1.54) is 39.0 Å². The Morgan fingerprint density at radius 3 is 2.64 bits per heavy atom. The van der Waals surface area contributed by atoms with Crippen molar-refractivity contribution < 1.29 is 0 Å². The highest BCUT2D eigenvalue weighted by Gasteiger charge is 2.27. The van der Waals surface area contributed by atoms with Gasteiger partial charge in [0.2, 0.25) is 0 Å². The molecular weight excluding hydrogens is 172 g/mol. The van der Waals surface area contributed by atoms with Crippen molar-refractivity contribution in [1.82, 2.24) is 10.2 Å². The van der Waals surface area contributed by atoms with Crippen molar-refractivity contribution in [2.75, 3.05) is 26.2 Å². The lowest BCUT2D eigenvalue weighted by atomic mass is 9.86. The maximum Gasteiger partial charge on any atom is 0.0243 e. The van der Waals surface area contributed by atoms with Gasteiger partial charge in [-0.25, -0.2) is 0 Å². The zero-order valence-electron chi connectivity index (χ0n) is 10.3. The van der Waals surface area contributed by atoms with Gasteiger partial charge in [0, 0.05) is 12.6 Å². The predicted octanol–water partition coefficient (Wildman–Crippen LogP) is 2.11. The Kier molecular flexibility index (Phi) is 4.39. The number of hydrogen-bond donors (Lipinski definition) is 1. The van der Waals surface area contributed by atoms with Gasteiger partial charge in [-0.1, -0.05) is 27.7 Å². The van der Waals surface area contributed by atoms with E-state index in [-0.39, 0.29) is 0 Å². The van der Waals surface area contributed by atoms with Gasteiger partial charge >= 0.3 is 0 Å². The lowest BCUT2D eigenvalue weighted by molar-refractivity contribution is 0.197. The summed E-state index contributed by atoms with van der Waals surface area (Å²) in [6.45, 7) is 14.2. The van der Waals surface area contributed by atoms with Crippen LogP contribution in [0.4, 0.5) is 0 Å². The molecule has 14 heavy (non-hydrogen) atoms. The van der Waals surface area contributed by atoms with E-state index in [1.807, 2.05) is 0 Å². The molecule has 2 nitrogen and oxygen atoms in total. The number of nitrogens with zero attached hydrogens (tertiary/aromatic N) is 1. The normalized spacial score (nSPS) is 26.1. The van der Waals surface area contributed by atoms with Crippen LogP contribution in [0.2, 0.25) is 0 Å². The zero-order chi connectivity index (χ0) is 10.6. The van der Waals surface area contributed by atoms with Crippen molar-refractivity contribution in [1.29, 1.82) is 0 Å². The summed E-state index contributed by atoms with van der Waals surface area (Å²) >= 11 is 0. The van der Waals surface area contributed by atoms with E-state index in [0.29, 0.717) is 11.5 Å². The van der Waals surface area contributed by atoms with Crippen molar-refractivity contribution in [3.8, 4) is 0 Å². The largest absolute Gasteiger partial charge is 0.312 e. The first kappa shape index (κ1) is 12.0. The molecule has 0 aromatic rings. The van der Waals surface area contributed by atoms with Gasteiger partial charge < -0.3 is 10.2 Å². The summed E-state index contributed by atoms with van der Waals surface area (Å²) in [5.74, 6) is 0. The van der Waals surface area contributed by atoms with Crippen molar-refractivity contribution in [3.05, 3.63) is 0 Å². The summed E-state index contributed by atoms with van der Waals surface area (Å²) < 4.78 is 0. The molecule has 0 saturated carbocycles. The molecule has 2 heteroatoms. The van der Waals surface area contributed by atoms with Crippen molar-refractivity contribution in [2.45, 2.75) is 46.6 Å². The molecule has 1 unspecified atom stereocenters. The van der Waals surface area contributed by atoms with Crippen LogP contribution in [0.1, 0.15) is 40.5 Å². The van der Waals surface area contributed by atoms with Crippen LogP contribution in [0.3, 0.4) is 0 Å². The lowest BCUT2D eigenvalue weighted by Gasteiger charge is -2.33. The van der Waals surface area contributed by atoms with Gasteiger partial charge in [-0.05, 0) is 37.9 Å². The minimum atomic E-state index is 0.385. The molecule has 1 rings (SSSR count). The van der Waals surface area contributed by atoms with Crippen LogP contribution in [-0.4, -0.2) is 37.1 Å². The summed E-state index contributed by atoms with van der Waals surface area (Å²) in [7, 11) is 0. The Hall–Kier alpha value is -0.0800. The van der Waals surface area contributed by atoms with E-state index >= 15 is 0 Å². The molecule has 1 atom stereocenters. The molecular formula is C12H26N2. The molecule has 1 heterocycles. The first-order valence-corrected chi connectivity index (χ1v) is 5.99.